The van der Waals surface area contributed by atoms with Crippen molar-refractivity contribution in [1.82, 2.24) is 0 Å². The Balaban J connectivity index is 2.86. The molecule has 3 nitrogen and oxygen atoms in total. The Kier molecular flexibility index (Phi) is 3.88. The average Bonchev–Trinajstić information content (AvgIpc) is 2.17. The quantitative estimate of drug-likeness (QED) is 0.741. The first-order chi connectivity index (χ1) is 6.76. The number of carbonyl (C=O) groups is 1. The Hall–Kier alpha value is -1.61. The maximum atomic E-state index is 10.5. The number of ether oxygens (including phenoxy) is 1. The van der Waals surface area contributed by atoms with E-state index in [0.29, 0.717) is 18.5 Å². The van der Waals surface area contributed by atoms with E-state index in [1.54, 1.807) is 25.3 Å². The molecule has 14 heavy (non-hydrogen) atoms. The van der Waals surface area contributed by atoms with E-state index < -0.39 is 0 Å². The van der Waals surface area contributed by atoms with Gasteiger partial charge in [0.05, 0.1) is 6.61 Å². The molecule has 0 saturated carbocycles. The summed E-state index contributed by atoms with van der Waals surface area (Å²) in [4.78, 5) is 10.5. The molecule has 1 rings (SSSR count). The van der Waals surface area contributed by atoms with Crippen LogP contribution in [0.1, 0.15) is 15.9 Å². The highest BCUT2D eigenvalue weighted by Crippen LogP contribution is 2.15. The molecule has 1 N–H and O–H groups in total. The second kappa shape index (κ2) is 5.19. The third-order valence-corrected chi connectivity index (χ3v) is 1.67. The molecule has 1 aromatic carbocycles. The Morgan fingerprint density at radius 3 is 2.71 bits per heavy atom. The van der Waals surface area contributed by atoms with E-state index in [9.17, 15) is 9.90 Å². The molecular formula is C11H12O3. The Morgan fingerprint density at radius 1 is 1.36 bits per heavy atom. The number of phenolic OH excluding ortho intramolecular Hbond substituents is 1. The summed E-state index contributed by atoms with van der Waals surface area (Å²) < 4.78 is 4.83. The summed E-state index contributed by atoms with van der Waals surface area (Å²) in [6, 6.07) is 4.69. The van der Waals surface area contributed by atoms with Crippen molar-refractivity contribution in [3.8, 4) is 5.75 Å². The topological polar surface area (TPSA) is 46.5 Å². The molecule has 3 heteroatoms. The molecule has 0 atom stereocenters. The second-order valence-corrected chi connectivity index (χ2v) is 2.83. The summed E-state index contributed by atoms with van der Waals surface area (Å²) in [5.74, 6) is 0.0895. The van der Waals surface area contributed by atoms with Gasteiger partial charge in [-0.15, -0.1) is 0 Å². The largest absolute Gasteiger partial charge is 0.508 e. The number of rotatable bonds is 4. The van der Waals surface area contributed by atoms with Crippen LogP contribution in [0.5, 0.6) is 5.75 Å². The maximum Gasteiger partial charge on any atom is 0.150 e. The first kappa shape index (κ1) is 10.5. The molecule has 0 aromatic heterocycles. The van der Waals surface area contributed by atoms with Crippen molar-refractivity contribution < 1.29 is 14.6 Å². The normalized spacial score (nSPS) is 10.6. The van der Waals surface area contributed by atoms with E-state index in [4.69, 9.17) is 4.74 Å². The van der Waals surface area contributed by atoms with Crippen molar-refractivity contribution in [3.63, 3.8) is 0 Å². The van der Waals surface area contributed by atoms with E-state index >= 15 is 0 Å². The van der Waals surface area contributed by atoms with Crippen molar-refractivity contribution in [3.05, 3.63) is 35.4 Å². The van der Waals surface area contributed by atoms with E-state index in [2.05, 4.69) is 0 Å². The van der Waals surface area contributed by atoms with Crippen molar-refractivity contribution in [2.75, 3.05) is 13.7 Å². The summed E-state index contributed by atoms with van der Waals surface area (Å²) in [7, 11) is 1.60. The van der Waals surface area contributed by atoms with Gasteiger partial charge in [-0.3, -0.25) is 4.79 Å². The van der Waals surface area contributed by atoms with Crippen LogP contribution in [0.25, 0.3) is 6.08 Å². The van der Waals surface area contributed by atoms with Crippen LogP contribution in [-0.4, -0.2) is 25.1 Å². The minimum Gasteiger partial charge on any atom is -0.508 e. The first-order valence-corrected chi connectivity index (χ1v) is 4.21. The lowest BCUT2D eigenvalue weighted by molar-refractivity contribution is 0.112. The lowest BCUT2D eigenvalue weighted by Gasteiger charge is -1.97. The molecule has 0 bridgehead atoms. The Labute approximate surface area is 82.6 Å². The molecule has 0 unspecified atom stereocenters. The molecule has 0 aliphatic rings. The molecule has 0 spiro atoms. The van der Waals surface area contributed by atoms with Gasteiger partial charge < -0.3 is 9.84 Å². The van der Waals surface area contributed by atoms with Crippen molar-refractivity contribution in [2.24, 2.45) is 0 Å². The van der Waals surface area contributed by atoms with Gasteiger partial charge in [0.2, 0.25) is 0 Å². The first-order valence-electron chi connectivity index (χ1n) is 4.21. The van der Waals surface area contributed by atoms with Crippen LogP contribution in [0.4, 0.5) is 0 Å². The number of aromatic hydroxyl groups is 1. The van der Waals surface area contributed by atoms with Gasteiger partial charge in [-0.1, -0.05) is 12.2 Å². The predicted octanol–water partition coefficient (Wildman–Crippen LogP) is 1.86. The van der Waals surface area contributed by atoms with Crippen LogP contribution in [0.3, 0.4) is 0 Å². The molecule has 0 aliphatic carbocycles. The van der Waals surface area contributed by atoms with Gasteiger partial charge >= 0.3 is 0 Å². The minimum atomic E-state index is 0.0895. The van der Waals surface area contributed by atoms with Gasteiger partial charge in [0.1, 0.15) is 12.0 Å². The number of phenols is 1. The third kappa shape index (κ3) is 3.03. The van der Waals surface area contributed by atoms with Crippen molar-refractivity contribution >= 4 is 12.4 Å². The monoisotopic (exact) mass is 192 g/mol. The fourth-order valence-corrected chi connectivity index (χ4v) is 1.10. The number of benzene rings is 1. The molecular weight excluding hydrogens is 180 g/mol. The standard InChI is InChI=1S/C11H12O3/c1-14-4-2-3-9-5-10(8-12)7-11(13)6-9/h2-3,5-8,13H,4H2,1H3. The van der Waals surface area contributed by atoms with E-state index in [0.717, 1.165) is 5.56 Å². The highest BCUT2D eigenvalue weighted by atomic mass is 16.5. The van der Waals surface area contributed by atoms with Crippen molar-refractivity contribution in [1.29, 1.82) is 0 Å². The van der Waals surface area contributed by atoms with Crippen molar-refractivity contribution in [2.45, 2.75) is 0 Å². The van der Waals surface area contributed by atoms with Crippen LogP contribution in [0, 0.1) is 0 Å². The lowest BCUT2D eigenvalue weighted by atomic mass is 10.1. The predicted molar refractivity (Wildman–Crippen MR) is 54.4 cm³/mol. The fraction of sp³-hybridized carbons (Fsp3) is 0.182. The molecule has 0 amide bonds. The van der Waals surface area contributed by atoms with Crippen LogP contribution in [0.15, 0.2) is 24.3 Å². The van der Waals surface area contributed by atoms with Crippen LogP contribution in [-0.2, 0) is 4.74 Å². The number of hydrogen-bond acceptors (Lipinski definition) is 3. The third-order valence-electron chi connectivity index (χ3n) is 1.67. The number of carbonyl (C=O) groups excluding carboxylic acids is 1. The summed E-state index contributed by atoms with van der Waals surface area (Å²) in [5, 5.41) is 9.26. The lowest BCUT2D eigenvalue weighted by Crippen LogP contribution is -1.83. The van der Waals surface area contributed by atoms with E-state index in [1.165, 1.54) is 6.07 Å². The second-order valence-electron chi connectivity index (χ2n) is 2.83. The van der Waals surface area contributed by atoms with Gasteiger partial charge in [-0.05, 0) is 23.8 Å². The van der Waals surface area contributed by atoms with E-state index in [-0.39, 0.29) is 5.75 Å². The minimum absolute atomic E-state index is 0.0895. The molecule has 1 aromatic rings. The molecule has 74 valence electrons. The zero-order valence-corrected chi connectivity index (χ0v) is 7.93. The summed E-state index contributed by atoms with van der Waals surface area (Å²) in [6.45, 7) is 0.506. The molecule has 0 fully saturated rings. The number of methoxy groups -OCH3 is 1. The summed E-state index contributed by atoms with van der Waals surface area (Å²) in [5.41, 5.74) is 1.24. The van der Waals surface area contributed by atoms with Crippen LogP contribution < -0.4 is 0 Å². The number of hydrogen-bond donors (Lipinski definition) is 1. The average molecular weight is 192 g/mol. The van der Waals surface area contributed by atoms with Gasteiger partial charge in [-0.2, -0.15) is 0 Å². The summed E-state index contributed by atoms with van der Waals surface area (Å²) >= 11 is 0. The highest BCUT2D eigenvalue weighted by molar-refractivity contribution is 5.77. The molecule has 0 radical (unpaired) electrons. The highest BCUT2D eigenvalue weighted by Gasteiger charge is 1.96. The van der Waals surface area contributed by atoms with Gasteiger partial charge in [-0.25, -0.2) is 0 Å². The van der Waals surface area contributed by atoms with Crippen LogP contribution >= 0.6 is 0 Å². The van der Waals surface area contributed by atoms with Crippen LogP contribution in [0.2, 0.25) is 0 Å². The van der Waals surface area contributed by atoms with Gasteiger partial charge in [0, 0.05) is 12.7 Å². The molecule has 0 aliphatic heterocycles. The fourth-order valence-electron chi connectivity index (χ4n) is 1.10. The zero-order valence-electron chi connectivity index (χ0n) is 7.93. The molecule has 0 heterocycles. The smallest absolute Gasteiger partial charge is 0.150 e. The maximum absolute atomic E-state index is 10.5. The van der Waals surface area contributed by atoms with Gasteiger partial charge in [0.15, 0.2) is 0 Å². The number of aldehydes is 1. The zero-order chi connectivity index (χ0) is 10.4. The SMILES string of the molecule is COCC=Cc1cc(O)cc(C=O)c1. The summed E-state index contributed by atoms with van der Waals surface area (Å²) in [6.07, 6.45) is 4.30. The molecule has 0 saturated heterocycles. The van der Waals surface area contributed by atoms with Gasteiger partial charge in [0.25, 0.3) is 0 Å². The van der Waals surface area contributed by atoms with E-state index in [1.807, 2.05) is 6.08 Å². The Morgan fingerprint density at radius 2 is 2.07 bits per heavy atom. The Bertz CT molecular complexity index is 342.